The molecule has 1 aliphatic carbocycles. The lowest BCUT2D eigenvalue weighted by Crippen LogP contribution is -2.28. The fraction of sp³-hybridized carbons (Fsp3) is 0.0943. The summed E-state index contributed by atoms with van der Waals surface area (Å²) in [6, 6.07) is 70.9. The molecule has 264 valence electrons. The molecule has 2 nitrogen and oxygen atoms in total. The molecule has 2 heteroatoms. The van der Waals surface area contributed by atoms with Crippen LogP contribution in [-0.2, 0) is 10.8 Å². The molecule has 8 aromatic carbocycles. The van der Waals surface area contributed by atoms with Crippen molar-refractivity contribution in [2.24, 2.45) is 0 Å². The molecule has 0 saturated heterocycles. The summed E-state index contributed by atoms with van der Waals surface area (Å²) in [7, 11) is 0. The monoisotopic (exact) mass is 707 g/mol. The maximum Gasteiger partial charge on any atom is 0.143 e. The molecule has 0 fully saturated rings. The van der Waals surface area contributed by atoms with Crippen molar-refractivity contribution in [1.29, 1.82) is 0 Å². The molecule has 0 aliphatic heterocycles. The van der Waals surface area contributed by atoms with Gasteiger partial charge >= 0.3 is 0 Å². The van der Waals surface area contributed by atoms with E-state index in [9.17, 15) is 0 Å². The molecular formula is C53H41NO. The van der Waals surface area contributed by atoms with E-state index < -0.39 is 5.41 Å². The number of para-hydroxylation sites is 2. The Morgan fingerprint density at radius 3 is 1.67 bits per heavy atom. The van der Waals surface area contributed by atoms with Gasteiger partial charge in [0.2, 0.25) is 0 Å². The highest BCUT2D eigenvalue weighted by atomic mass is 16.3. The van der Waals surface area contributed by atoms with Crippen LogP contribution in [0.5, 0.6) is 0 Å². The van der Waals surface area contributed by atoms with Crippen LogP contribution in [0.15, 0.2) is 199 Å². The summed E-state index contributed by atoms with van der Waals surface area (Å²) in [6.45, 7) is 6.81. The molecule has 0 atom stereocenters. The SMILES string of the molecule is CC(C)(C)c1ccc(N(c2ccc(-c3cccc4c3oc3ccccc34)cc2)c2ccc3c(c2)C(c2ccccc2)(c2ccccc2)c2ccccc2-3)cc1. The zero-order valence-electron chi connectivity index (χ0n) is 31.3. The molecule has 55 heavy (non-hydrogen) atoms. The molecule has 0 N–H and O–H groups in total. The number of rotatable bonds is 6. The summed E-state index contributed by atoms with van der Waals surface area (Å²) in [4.78, 5) is 2.40. The van der Waals surface area contributed by atoms with E-state index in [0.29, 0.717) is 0 Å². The van der Waals surface area contributed by atoms with Gasteiger partial charge in [-0.15, -0.1) is 0 Å². The first-order chi connectivity index (χ1) is 26.9. The number of fused-ring (bicyclic) bond motifs is 6. The quantitative estimate of drug-likeness (QED) is 0.171. The van der Waals surface area contributed by atoms with Gasteiger partial charge in [0.1, 0.15) is 11.2 Å². The normalized spacial score (nSPS) is 13.1. The lowest BCUT2D eigenvalue weighted by Gasteiger charge is -2.35. The third-order valence-corrected chi connectivity index (χ3v) is 11.5. The van der Waals surface area contributed by atoms with E-state index >= 15 is 0 Å². The Morgan fingerprint density at radius 2 is 0.982 bits per heavy atom. The summed E-state index contributed by atoms with van der Waals surface area (Å²) < 4.78 is 6.44. The predicted octanol–water partition coefficient (Wildman–Crippen LogP) is 14.4. The zero-order chi connectivity index (χ0) is 37.1. The van der Waals surface area contributed by atoms with Crippen LogP contribution in [0.25, 0.3) is 44.2 Å². The molecule has 0 radical (unpaired) electrons. The minimum atomic E-state index is -0.485. The molecule has 0 saturated carbocycles. The van der Waals surface area contributed by atoms with E-state index in [-0.39, 0.29) is 5.41 Å². The first kappa shape index (κ1) is 33.0. The Kier molecular flexibility index (Phi) is 7.64. The van der Waals surface area contributed by atoms with Crippen molar-refractivity contribution in [1.82, 2.24) is 0 Å². The molecule has 1 aromatic heterocycles. The molecule has 1 aliphatic rings. The van der Waals surface area contributed by atoms with Crippen molar-refractivity contribution in [3.05, 3.63) is 222 Å². The van der Waals surface area contributed by atoms with E-state index in [4.69, 9.17) is 4.42 Å². The van der Waals surface area contributed by atoms with Crippen LogP contribution in [0.4, 0.5) is 17.1 Å². The van der Waals surface area contributed by atoms with Crippen LogP contribution in [0.3, 0.4) is 0 Å². The Labute approximate surface area is 323 Å². The number of furan rings is 1. The molecular weight excluding hydrogens is 667 g/mol. The fourth-order valence-corrected chi connectivity index (χ4v) is 8.89. The molecule has 0 bridgehead atoms. The van der Waals surface area contributed by atoms with Gasteiger partial charge in [-0.2, -0.15) is 0 Å². The van der Waals surface area contributed by atoms with E-state index in [0.717, 1.165) is 50.1 Å². The highest BCUT2D eigenvalue weighted by Crippen LogP contribution is 2.57. The van der Waals surface area contributed by atoms with Crippen LogP contribution in [0, 0.1) is 0 Å². The van der Waals surface area contributed by atoms with Gasteiger partial charge in [-0.05, 0) is 92.4 Å². The molecule has 0 amide bonds. The van der Waals surface area contributed by atoms with Gasteiger partial charge in [0, 0.05) is 33.4 Å². The topological polar surface area (TPSA) is 16.4 Å². The van der Waals surface area contributed by atoms with Gasteiger partial charge in [-0.1, -0.05) is 172 Å². The molecule has 0 unspecified atom stereocenters. The van der Waals surface area contributed by atoms with Crippen LogP contribution >= 0.6 is 0 Å². The molecule has 0 spiro atoms. The van der Waals surface area contributed by atoms with E-state index in [2.05, 4.69) is 208 Å². The number of anilines is 3. The van der Waals surface area contributed by atoms with Gasteiger partial charge in [-0.25, -0.2) is 0 Å². The van der Waals surface area contributed by atoms with Crippen molar-refractivity contribution >= 4 is 39.0 Å². The largest absolute Gasteiger partial charge is 0.455 e. The summed E-state index contributed by atoms with van der Waals surface area (Å²) in [5.41, 5.74) is 15.9. The van der Waals surface area contributed by atoms with Gasteiger partial charge in [0.25, 0.3) is 0 Å². The van der Waals surface area contributed by atoms with E-state index in [1.165, 1.54) is 38.9 Å². The maximum atomic E-state index is 6.44. The molecule has 9 aromatic rings. The molecule has 10 rings (SSSR count). The maximum absolute atomic E-state index is 6.44. The van der Waals surface area contributed by atoms with Gasteiger partial charge < -0.3 is 9.32 Å². The lowest BCUT2D eigenvalue weighted by molar-refractivity contribution is 0.590. The average Bonchev–Trinajstić information content (AvgIpc) is 3.76. The number of benzene rings is 8. The van der Waals surface area contributed by atoms with Gasteiger partial charge in [0.05, 0.1) is 5.41 Å². The highest BCUT2D eigenvalue weighted by Gasteiger charge is 2.46. The Hall–Kier alpha value is -6.64. The molecule has 1 heterocycles. The average molecular weight is 708 g/mol. The minimum Gasteiger partial charge on any atom is -0.455 e. The van der Waals surface area contributed by atoms with Crippen molar-refractivity contribution in [3.8, 4) is 22.3 Å². The first-order valence-corrected chi connectivity index (χ1v) is 19.2. The number of hydrogen-bond acceptors (Lipinski definition) is 2. The second-order valence-electron chi connectivity index (χ2n) is 15.7. The standard InChI is InChI=1S/C53H41NO/c1-52(2,3)37-27-31-41(32-28-37)54(40-29-25-36(26-30-40)43-21-14-22-47-46-20-11-13-24-50(46)55-51(43)47)42-33-34-45-44-19-10-12-23-48(44)53(49(45)35-42,38-15-6-4-7-16-38)39-17-8-5-9-18-39/h4-35H,1-3H3. The van der Waals surface area contributed by atoms with Gasteiger partial charge in [-0.3, -0.25) is 0 Å². The summed E-state index contributed by atoms with van der Waals surface area (Å²) >= 11 is 0. The van der Waals surface area contributed by atoms with Crippen molar-refractivity contribution in [3.63, 3.8) is 0 Å². The summed E-state index contributed by atoms with van der Waals surface area (Å²) in [5.74, 6) is 0. The Bertz CT molecular complexity index is 2780. The van der Waals surface area contributed by atoms with Gasteiger partial charge in [0.15, 0.2) is 0 Å². The lowest BCUT2D eigenvalue weighted by atomic mass is 9.67. The van der Waals surface area contributed by atoms with E-state index in [1.807, 2.05) is 12.1 Å². The number of hydrogen-bond donors (Lipinski definition) is 0. The van der Waals surface area contributed by atoms with Crippen molar-refractivity contribution < 1.29 is 4.42 Å². The van der Waals surface area contributed by atoms with Crippen LogP contribution in [0.2, 0.25) is 0 Å². The van der Waals surface area contributed by atoms with Crippen molar-refractivity contribution in [2.45, 2.75) is 31.6 Å². The third kappa shape index (κ3) is 5.24. The number of nitrogens with zero attached hydrogens (tertiary/aromatic N) is 1. The van der Waals surface area contributed by atoms with Crippen molar-refractivity contribution in [2.75, 3.05) is 4.90 Å². The third-order valence-electron chi connectivity index (χ3n) is 11.5. The first-order valence-electron chi connectivity index (χ1n) is 19.2. The second kappa shape index (κ2) is 12.7. The summed E-state index contributed by atoms with van der Waals surface area (Å²) in [6.07, 6.45) is 0. The highest BCUT2D eigenvalue weighted by molar-refractivity contribution is 6.09. The van der Waals surface area contributed by atoms with E-state index in [1.54, 1.807) is 0 Å². The van der Waals surface area contributed by atoms with Crippen LogP contribution in [-0.4, -0.2) is 0 Å². The Balaban J connectivity index is 1.17. The van der Waals surface area contributed by atoms with Crippen LogP contribution in [0.1, 0.15) is 48.6 Å². The fourth-order valence-electron chi connectivity index (χ4n) is 8.89. The van der Waals surface area contributed by atoms with Crippen LogP contribution < -0.4 is 4.90 Å². The summed E-state index contributed by atoms with van der Waals surface area (Å²) in [5, 5.41) is 2.28. The zero-order valence-corrected chi connectivity index (χ0v) is 31.3. The minimum absolute atomic E-state index is 0.0486. The smallest absolute Gasteiger partial charge is 0.143 e. The predicted molar refractivity (Wildman–Crippen MR) is 230 cm³/mol. The second-order valence-corrected chi connectivity index (χ2v) is 15.7. The Morgan fingerprint density at radius 1 is 0.436 bits per heavy atom.